The number of urea groups is 1. The van der Waals surface area contributed by atoms with Crippen LogP contribution in [-0.2, 0) is 0 Å². The maximum absolute atomic E-state index is 12.2. The number of anilines is 2. The standard InChI is InChI=1S/C14H21N3O2/c1-19-13-10-11(15)6-7-12(13)16-14(18)17-8-4-2-3-5-9-17/h6-7,10H,2-5,8-9,15H2,1H3,(H,16,18). The first-order chi connectivity index (χ1) is 9.20. The van der Waals surface area contributed by atoms with Gasteiger partial charge in [-0.1, -0.05) is 12.8 Å². The second-order valence-electron chi connectivity index (χ2n) is 4.79. The van der Waals surface area contributed by atoms with Gasteiger partial charge in [0.2, 0.25) is 0 Å². The molecule has 0 bridgehead atoms. The molecule has 1 aliphatic rings. The minimum Gasteiger partial charge on any atom is -0.494 e. The van der Waals surface area contributed by atoms with Crippen LogP contribution in [-0.4, -0.2) is 31.1 Å². The van der Waals surface area contributed by atoms with E-state index in [1.54, 1.807) is 25.3 Å². The molecule has 1 aromatic carbocycles. The summed E-state index contributed by atoms with van der Waals surface area (Å²) in [7, 11) is 1.57. The largest absolute Gasteiger partial charge is 0.494 e. The van der Waals surface area contributed by atoms with E-state index in [-0.39, 0.29) is 6.03 Å². The summed E-state index contributed by atoms with van der Waals surface area (Å²) in [6, 6.07) is 5.16. The predicted molar refractivity (Wildman–Crippen MR) is 76.5 cm³/mol. The monoisotopic (exact) mass is 263 g/mol. The van der Waals surface area contributed by atoms with E-state index in [2.05, 4.69) is 5.32 Å². The van der Waals surface area contributed by atoms with Gasteiger partial charge in [0, 0.05) is 24.8 Å². The SMILES string of the molecule is COc1cc(N)ccc1NC(=O)N1CCCCCC1. The zero-order valence-electron chi connectivity index (χ0n) is 11.3. The van der Waals surface area contributed by atoms with Gasteiger partial charge < -0.3 is 20.7 Å². The molecular formula is C14H21N3O2. The molecule has 1 aliphatic heterocycles. The summed E-state index contributed by atoms with van der Waals surface area (Å²) in [6.07, 6.45) is 4.56. The summed E-state index contributed by atoms with van der Waals surface area (Å²) in [6.45, 7) is 1.65. The van der Waals surface area contributed by atoms with Crippen molar-refractivity contribution in [3.05, 3.63) is 18.2 Å². The average Bonchev–Trinajstić information content (AvgIpc) is 2.69. The highest BCUT2D eigenvalue weighted by Gasteiger charge is 2.16. The molecule has 0 unspecified atom stereocenters. The Morgan fingerprint density at radius 2 is 1.95 bits per heavy atom. The highest BCUT2D eigenvalue weighted by molar-refractivity contribution is 5.91. The van der Waals surface area contributed by atoms with Crippen molar-refractivity contribution < 1.29 is 9.53 Å². The molecule has 0 spiro atoms. The summed E-state index contributed by atoms with van der Waals surface area (Å²) >= 11 is 0. The van der Waals surface area contributed by atoms with E-state index in [9.17, 15) is 4.79 Å². The predicted octanol–water partition coefficient (Wildman–Crippen LogP) is 2.69. The van der Waals surface area contributed by atoms with Crippen LogP contribution in [0.1, 0.15) is 25.7 Å². The fourth-order valence-electron chi connectivity index (χ4n) is 2.28. The first-order valence-electron chi connectivity index (χ1n) is 6.70. The number of nitrogens with zero attached hydrogens (tertiary/aromatic N) is 1. The van der Waals surface area contributed by atoms with Crippen LogP contribution in [0.3, 0.4) is 0 Å². The van der Waals surface area contributed by atoms with Crippen molar-refractivity contribution in [2.45, 2.75) is 25.7 Å². The van der Waals surface area contributed by atoms with Gasteiger partial charge in [0.15, 0.2) is 0 Å². The van der Waals surface area contributed by atoms with Gasteiger partial charge in [0.25, 0.3) is 0 Å². The Hall–Kier alpha value is -1.91. The molecule has 2 amide bonds. The van der Waals surface area contributed by atoms with Crippen molar-refractivity contribution in [2.24, 2.45) is 0 Å². The van der Waals surface area contributed by atoms with Crippen LogP contribution in [0.25, 0.3) is 0 Å². The number of amides is 2. The lowest BCUT2D eigenvalue weighted by Gasteiger charge is -2.21. The van der Waals surface area contributed by atoms with Crippen molar-refractivity contribution in [1.82, 2.24) is 4.90 Å². The van der Waals surface area contributed by atoms with Gasteiger partial charge in [-0.15, -0.1) is 0 Å². The van der Waals surface area contributed by atoms with Crippen molar-refractivity contribution in [3.63, 3.8) is 0 Å². The Bertz CT molecular complexity index is 440. The molecular weight excluding hydrogens is 242 g/mol. The van der Waals surface area contributed by atoms with Crippen LogP contribution in [0, 0.1) is 0 Å². The molecule has 0 atom stereocenters. The molecule has 0 aromatic heterocycles. The minimum absolute atomic E-state index is 0.0648. The molecule has 1 heterocycles. The Morgan fingerprint density at radius 1 is 1.26 bits per heavy atom. The van der Waals surface area contributed by atoms with Gasteiger partial charge in [-0.25, -0.2) is 4.79 Å². The first-order valence-corrected chi connectivity index (χ1v) is 6.70. The lowest BCUT2D eigenvalue weighted by Crippen LogP contribution is -2.35. The van der Waals surface area contributed by atoms with Crippen LogP contribution in [0.2, 0.25) is 0 Å². The number of benzene rings is 1. The molecule has 5 heteroatoms. The number of nitrogens with one attached hydrogen (secondary N) is 1. The van der Waals surface area contributed by atoms with Gasteiger partial charge in [-0.2, -0.15) is 0 Å². The quantitative estimate of drug-likeness (QED) is 0.806. The fraction of sp³-hybridized carbons (Fsp3) is 0.500. The van der Waals surface area contributed by atoms with Crippen molar-refractivity contribution in [1.29, 1.82) is 0 Å². The third-order valence-electron chi connectivity index (χ3n) is 3.36. The highest BCUT2D eigenvalue weighted by atomic mass is 16.5. The third kappa shape index (κ3) is 3.53. The smallest absolute Gasteiger partial charge is 0.321 e. The molecule has 5 nitrogen and oxygen atoms in total. The lowest BCUT2D eigenvalue weighted by atomic mass is 10.2. The molecule has 104 valence electrons. The fourth-order valence-corrected chi connectivity index (χ4v) is 2.28. The lowest BCUT2D eigenvalue weighted by molar-refractivity contribution is 0.213. The van der Waals surface area contributed by atoms with Gasteiger partial charge in [0.1, 0.15) is 5.75 Å². The first kappa shape index (κ1) is 13.5. The third-order valence-corrected chi connectivity index (χ3v) is 3.36. The van der Waals surface area contributed by atoms with E-state index in [1.807, 2.05) is 4.90 Å². The van der Waals surface area contributed by atoms with Crippen LogP contribution < -0.4 is 15.8 Å². The van der Waals surface area contributed by atoms with Crippen molar-refractivity contribution in [3.8, 4) is 5.75 Å². The topological polar surface area (TPSA) is 67.6 Å². The van der Waals surface area contributed by atoms with Gasteiger partial charge >= 0.3 is 6.03 Å². The summed E-state index contributed by atoms with van der Waals surface area (Å²) in [4.78, 5) is 14.1. The maximum Gasteiger partial charge on any atom is 0.321 e. The van der Waals surface area contributed by atoms with Crippen LogP contribution >= 0.6 is 0 Å². The van der Waals surface area contributed by atoms with E-state index >= 15 is 0 Å². The van der Waals surface area contributed by atoms with Crippen LogP contribution in [0.15, 0.2) is 18.2 Å². The van der Waals surface area contributed by atoms with E-state index < -0.39 is 0 Å². The number of hydrogen-bond acceptors (Lipinski definition) is 3. The summed E-state index contributed by atoms with van der Waals surface area (Å²) in [5.74, 6) is 0.586. The number of carbonyl (C=O) groups excluding carboxylic acids is 1. The van der Waals surface area contributed by atoms with Gasteiger partial charge in [-0.05, 0) is 25.0 Å². The minimum atomic E-state index is -0.0648. The number of nitrogens with two attached hydrogens (primary N) is 1. The zero-order chi connectivity index (χ0) is 13.7. The summed E-state index contributed by atoms with van der Waals surface area (Å²) in [5.41, 5.74) is 6.97. The Balaban J connectivity index is 2.05. The number of ether oxygens (including phenoxy) is 1. The molecule has 19 heavy (non-hydrogen) atoms. The Labute approximate surface area is 113 Å². The molecule has 0 saturated carbocycles. The second kappa shape index (κ2) is 6.31. The van der Waals surface area contributed by atoms with E-state index in [4.69, 9.17) is 10.5 Å². The molecule has 2 rings (SSSR count). The molecule has 0 radical (unpaired) electrons. The summed E-state index contributed by atoms with van der Waals surface area (Å²) < 4.78 is 5.23. The normalized spacial score (nSPS) is 15.7. The van der Waals surface area contributed by atoms with Gasteiger partial charge in [0.05, 0.1) is 12.8 Å². The second-order valence-corrected chi connectivity index (χ2v) is 4.79. The number of hydrogen-bond donors (Lipinski definition) is 2. The van der Waals surface area contributed by atoms with E-state index in [0.717, 1.165) is 25.9 Å². The molecule has 3 N–H and O–H groups in total. The molecule has 0 aliphatic carbocycles. The molecule has 1 saturated heterocycles. The highest BCUT2D eigenvalue weighted by Crippen LogP contribution is 2.27. The number of rotatable bonds is 2. The summed E-state index contributed by atoms with van der Waals surface area (Å²) in [5, 5.41) is 2.89. The van der Waals surface area contributed by atoms with E-state index in [0.29, 0.717) is 17.1 Å². The van der Waals surface area contributed by atoms with Crippen molar-refractivity contribution in [2.75, 3.05) is 31.2 Å². The number of carbonyl (C=O) groups is 1. The van der Waals surface area contributed by atoms with Crippen molar-refractivity contribution >= 4 is 17.4 Å². The molecule has 1 fully saturated rings. The van der Waals surface area contributed by atoms with Crippen LogP contribution in [0.4, 0.5) is 16.2 Å². The zero-order valence-corrected chi connectivity index (χ0v) is 11.3. The Kier molecular flexibility index (Phi) is 4.49. The van der Waals surface area contributed by atoms with Gasteiger partial charge in [-0.3, -0.25) is 0 Å². The number of methoxy groups -OCH3 is 1. The Morgan fingerprint density at radius 3 is 2.58 bits per heavy atom. The number of nitrogen functional groups attached to an aromatic ring is 1. The average molecular weight is 263 g/mol. The number of likely N-dealkylation sites (tertiary alicyclic amines) is 1. The molecule has 1 aromatic rings. The van der Waals surface area contributed by atoms with E-state index in [1.165, 1.54) is 12.8 Å². The maximum atomic E-state index is 12.2. The van der Waals surface area contributed by atoms with Crippen LogP contribution in [0.5, 0.6) is 5.75 Å².